The molecule has 1 aromatic rings. The van der Waals surface area contributed by atoms with Gasteiger partial charge in [-0.25, -0.2) is 4.39 Å². The third-order valence-electron chi connectivity index (χ3n) is 2.23. The summed E-state index contributed by atoms with van der Waals surface area (Å²) in [5.41, 5.74) is 0.798. The van der Waals surface area contributed by atoms with Crippen LogP contribution in [0.2, 0.25) is 0 Å². The largest absolute Gasteiger partial charge is 0.522 e. The highest BCUT2D eigenvalue weighted by Crippen LogP contribution is 2.23. The molecule has 0 aliphatic rings. The minimum Gasteiger partial charge on any atom is -0.488 e. The monoisotopic (exact) mass is 266 g/mol. The highest BCUT2D eigenvalue weighted by atomic mass is 19.4. The summed E-state index contributed by atoms with van der Waals surface area (Å²) < 4.78 is 56.8. The third kappa shape index (κ3) is 4.91. The smallest absolute Gasteiger partial charge is 0.488 e. The van der Waals surface area contributed by atoms with Crippen LogP contribution < -0.4 is 4.74 Å². The van der Waals surface area contributed by atoms with Crippen LogP contribution in [0.15, 0.2) is 18.2 Å². The van der Waals surface area contributed by atoms with Crippen LogP contribution in [0, 0.1) is 5.82 Å². The van der Waals surface area contributed by atoms with Crippen LogP contribution in [0.5, 0.6) is 5.75 Å². The zero-order valence-electron chi connectivity index (χ0n) is 10.1. The van der Waals surface area contributed by atoms with Crippen LogP contribution in [-0.2, 0) is 4.74 Å². The van der Waals surface area contributed by atoms with Crippen molar-refractivity contribution in [3.8, 4) is 5.75 Å². The van der Waals surface area contributed by atoms with Crippen LogP contribution in [0.1, 0.15) is 25.3 Å². The second-order valence-corrected chi connectivity index (χ2v) is 3.99. The Morgan fingerprint density at radius 3 is 2.33 bits per heavy atom. The number of ether oxygens (including phenoxy) is 2. The van der Waals surface area contributed by atoms with Gasteiger partial charge in [-0.15, -0.1) is 13.2 Å². The molecule has 0 fully saturated rings. The van der Waals surface area contributed by atoms with E-state index in [0.717, 1.165) is 5.56 Å². The van der Waals surface area contributed by atoms with Crippen molar-refractivity contribution in [2.45, 2.75) is 26.1 Å². The predicted octanol–water partition coefficient (Wildman–Crippen LogP) is 3.86. The van der Waals surface area contributed by atoms with Gasteiger partial charge in [0.15, 0.2) is 11.6 Å². The van der Waals surface area contributed by atoms with Gasteiger partial charge in [-0.05, 0) is 23.6 Å². The zero-order valence-corrected chi connectivity index (χ0v) is 10.1. The van der Waals surface area contributed by atoms with Crippen LogP contribution in [0.3, 0.4) is 0 Å². The van der Waals surface area contributed by atoms with Crippen molar-refractivity contribution in [1.29, 1.82) is 0 Å². The fourth-order valence-electron chi connectivity index (χ4n) is 1.30. The first-order valence-corrected chi connectivity index (χ1v) is 5.42. The summed E-state index contributed by atoms with van der Waals surface area (Å²) in [6.07, 6.45) is -4.69. The van der Waals surface area contributed by atoms with Crippen molar-refractivity contribution >= 4 is 0 Å². The van der Waals surface area contributed by atoms with E-state index < -0.39 is 18.8 Å². The predicted molar refractivity (Wildman–Crippen MR) is 58.0 cm³/mol. The highest BCUT2D eigenvalue weighted by Gasteiger charge is 2.28. The van der Waals surface area contributed by atoms with Gasteiger partial charge >= 0.3 is 6.36 Å². The molecule has 0 unspecified atom stereocenters. The van der Waals surface area contributed by atoms with Gasteiger partial charge in [-0.1, -0.05) is 19.9 Å². The van der Waals surface area contributed by atoms with Crippen molar-refractivity contribution in [1.82, 2.24) is 0 Å². The Morgan fingerprint density at radius 1 is 1.17 bits per heavy atom. The SMILES string of the molecule is CC(C)c1ccc(OCCOC(F)(F)F)c(F)c1. The third-order valence-corrected chi connectivity index (χ3v) is 2.23. The quantitative estimate of drug-likeness (QED) is 0.595. The first-order valence-electron chi connectivity index (χ1n) is 5.42. The number of halogens is 4. The molecule has 1 aromatic carbocycles. The lowest BCUT2D eigenvalue weighted by Crippen LogP contribution is -2.18. The Bertz CT molecular complexity index is 388. The summed E-state index contributed by atoms with van der Waals surface area (Å²) in [5, 5.41) is 0. The molecule has 0 aromatic heterocycles. The molecule has 0 bridgehead atoms. The van der Waals surface area contributed by atoms with E-state index in [9.17, 15) is 17.6 Å². The molecule has 6 heteroatoms. The molecule has 0 aliphatic carbocycles. The maximum absolute atomic E-state index is 13.5. The summed E-state index contributed by atoms with van der Waals surface area (Å²) in [7, 11) is 0. The van der Waals surface area contributed by atoms with Gasteiger partial charge in [0.2, 0.25) is 0 Å². The maximum atomic E-state index is 13.5. The van der Waals surface area contributed by atoms with E-state index in [0.29, 0.717) is 0 Å². The minimum absolute atomic E-state index is 0.0785. The van der Waals surface area contributed by atoms with Crippen LogP contribution in [0.4, 0.5) is 17.6 Å². The van der Waals surface area contributed by atoms with E-state index in [1.165, 1.54) is 12.1 Å². The Labute approximate surface area is 103 Å². The fraction of sp³-hybridized carbons (Fsp3) is 0.500. The molecular formula is C12H14F4O2. The lowest BCUT2D eigenvalue weighted by molar-refractivity contribution is -0.325. The molecule has 0 saturated heterocycles. The average Bonchev–Trinajstić information content (AvgIpc) is 2.24. The van der Waals surface area contributed by atoms with E-state index in [-0.39, 0.29) is 18.3 Å². The molecule has 0 radical (unpaired) electrons. The summed E-state index contributed by atoms with van der Waals surface area (Å²) in [4.78, 5) is 0. The molecule has 0 aliphatic heterocycles. The number of hydrogen-bond acceptors (Lipinski definition) is 2. The van der Waals surface area contributed by atoms with Crippen molar-refractivity contribution in [2.75, 3.05) is 13.2 Å². The van der Waals surface area contributed by atoms with Crippen LogP contribution in [0.25, 0.3) is 0 Å². The van der Waals surface area contributed by atoms with Gasteiger partial charge in [0.25, 0.3) is 0 Å². The standard InChI is InChI=1S/C12H14F4O2/c1-8(2)9-3-4-11(10(13)7-9)17-5-6-18-12(14,15)16/h3-4,7-8H,5-6H2,1-2H3. The Morgan fingerprint density at radius 2 is 1.83 bits per heavy atom. The second kappa shape index (κ2) is 6.04. The Hall–Kier alpha value is -1.30. The number of rotatable bonds is 5. The molecule has 0 amide bonds. The van der Waals surface area contributed by atoms with E-state index in [4.69, 9.17) is 4.74 Å². The molecule has 2 nitrogen and oxygen atoms in total. The van der Waals surface area contributed by atoms with Gasteiger partial charge in [0.1, 0.15) is 6.61 Å². The summed E-state index contributed by atoms with van der Waals surface area (Å²) in [5.74, 6) is -0.500. The molecule has 0 saturated carbocycles. The van der Waals surface area contributed by atoms with Gasteiger partial charge in [0, 0.05) is 0 Å². The molecule has 18 heavy (non-hydrogen) atoms. The Balaban J connectivity index is 2.48. The summed E-state index contributed by atoms with van der Waals surface area (Å²) in [6.45, 7) is 2.78. The molecule has 1 rings (SSSR count). The molecule has 102 valence electrons. The number of alkyl halides is 3. The maximum Gasteiger partial charge on any atom is 0.522 e. The average molecular weight is 266 g/mol. The summed E-state index contributed by atoms with van der Waals surface area (Å²) in [6, 6.07) is 4.39. The van der Waals surface area contributed by atoms with E-state index >= 15 is 0 Å². The van der Waals surface area contributed by atoms with Gasteiger partial charge in [-0.3, -0.25) is 4.74 Å². The van der Waals surface area contributed by atoms with E-state index in [1.54, 1.807) is 6.07 Å². The number of hydrogen-bond donors (Lipinski definition) is 0. The fourth-order valence-corrected chi connectivity index (χ4v) is 1.30. The molecule has 0 N–H and O–H groups in total. The van der Waals surface area contributed by atoms with Crippen molar-refractivity contribution in [3.05, 3.63) is 29.6 Å². The van der Waals surface area contributed by atoms with Gasteiger partial charge in [-0.2, -0.15) is 0 Å². The molecular weight excluding hydrogens is 252 g/mol. The first-order chi connectivity index (χ1) is 8.29. The lowest BCUT2D eigenvalue weighted by Gasteiger charge is -2.11. The highest BCUT2D eigenvalue weighted by molar-refractivity contribution is 5.30. The first kappa shape index (κ1) is 14.8. The zero-order chi connectivity index (χ0) is 13.8. The summed E-state index contributed by atoms with van der Waals surface area (Å²) >= 11 is 0. The van der Waals surface area contributed by atoms with Gasteiger partial charge in [0.05, 0.1) is 6.61 Å². The topological polar surface area (TPSA) is 18.5 Å². The minimum atomic E-state index is -4.69. The van der Waals surface area contributed by atoms with Crippen molar-refractivity contribution in [2.24, 2.45) is 0 Å². The molecule has 0 heterocycles. The van der Waals surface area contributed by atoms with E-state index in [2.05, 4.69) is 4.74 Å². The second-order valence-electron chi connectivity index (χ2n) is 3.99. The van der Waals surface area contributed by atoms with Gasteiger partial charge < -0.3 is 4.74 Å². The molecule has 0 atom stereocenters. The lowest BCUT2D eigenvalue weighted by atomic mass is 10.0. The molecule has 0 spiro atoms. The van der Waals surface area contributed by atoms with Crippen LogP contribution in [-0.4, -0.2) is 19.6 Å². The van der Waals surface area contributed by atoms with Crippen molar-refractivity contribution in [3.63, 3.8) is 0 Å². The van der Waals surface area contributed by atoms with Crippen molar-refractivity contribution < 1.29 is 27.0 Å². The number of benzene rings is 1. The van der Waals surface area contributed by atoms with E-state index in [1.807, 2.05) is 13.8 Å². The van der Waals surface area contributed by atoms with Crippen LogP contribution >= 0.6 is 0 Å². The Kier molecular flexibility index (Phi) is 4.95. The normalized spacial score (nSPS) is 11.9.